The molecule has 3 rings (SSSR count). The minimum absolute atomic E-state index is 0.0828. The first kappa shape index (κ1) is 13.7. The van der Waals surface area contributed by atoms with Gasteiger partial charge in [-0.1, -0.05) is 37.6 Å². The van der Waals surface area contributed by atoms with Gasteiger partial charge in [-0.3, -0.25) is 9.89 Å². The van der Waals surface area contributed by atoms with Crippen molar-refractivity contribution in [1.29, 1.82) is 0 Å². The summed E-state index contributed by atoms with van der Waals surface area (Å²) < 4.78 is 0. The van der Waals surface area contributed by atoms with Gasteiger partial charge in [0.25, 0.3) is 5.91 Å². The predicted octanol–water partition coefficient (Wildman–Crippen LogP) is 2.14. The third kappa shape index (κ3) is 2.51. The SMILES string of the molecule is CCCc1[nH]nc(C(=O)N2CCc3ccccc3C2)c1N. The minimum Gasteiger partial charge on any atom is -0.395 e. The number of benzene rings is 1. The molecule has 21 heavy (non-hydrogen) atoms. The standard InChI is InChI=1S/C16H20N4O/c1-2-5-13-14(17)15(19-18-13)16(21)20-9-8-11-6-3-4-7-12(11)10-20/h3-4,6-7H,2,5,8-10,17H2,1H3,(H,18,19). The number of carbonyl (C=O) groups is 1. The second kappa shape index (κ2) is 5.60. The summed E-state index contributed by atoms with van der Waals surface area (Å²) in [6.45, 7) is 3.42. The Hall–Kier alpha value is -2.30. The number of hydrogen-bond donors (Lipinski definition) is 2. The molecular formula is C16H20N4O. The molecule has 3 N–H and O–H groups in total. The smallest absolute Gasteiger partial charge is 0.276 e. The molecule has 1 aliphatic rings. The number of aryl methyl sites for hydroxylation is 1. The molecule has 2 aromatic rings. The summed E-state index contributed by atoms with van der Waals surface area (Å²) in [5, 5.41) is 7.02. The van der Waals surface area contributed by atoms with Gasteiger partial charge >= 0.3 is 0 Å². The van der Waals surface area contributed by atoms with Gasteiger partial charge in [0.05, 0.1) is 11.4 Å². The Morgan fingerprint density at radius 2 is 2.14 bits per heavy atom. The van der Waals surface area contributed by atoms with Crippen molar-refractivity contribution in [2.75, 3.05) is 12.3 Å². The summed E-state index contributed by atoms with van der Waals surface area (Å²) in [5.74, 6) is -0.0828. The van der Waals surface area contributed by atoms with Crippen LogP contribution >= 0.6 is 0 Å². The van der Waals surface area contributed by atoms with Crippen LogP contribution in [0.3, 0.4) is 0 Å². The Balaban J connectivity index is 1.81. The lowest BCUT2D eigenvalue weighted by Gasteiger charge is -2.28. The van der Waals surface area contributed by atoms with E-state index >= 15 is 0 Å². The summed E-state index contributed by atoms with van der Waals surface area (Å²) in [4.78, 5) is 14.4. The van der Waals surface area contributed by atoms with Crippen LogP contribution in [0.4, 0.5) is 5.69 Å². The van der Waals surface area contributed by atoms with Gasteiger partial charge < -0.3 is 10.6 Å². The quantitative estimate of drug-likeness (QED) is 0.906. The highest BCUT2D eigenvalue weighted by Gasteiger charge is 2.25. The molecule has 0 saturated heterocycles. The van der Waals surface area contributed by atoms with Crippen molar-refractivity contribution in [3.05, 3.63) is 46.8 Å². The molecule has 5 heteroatoms. The molecule has 0 unspecified atom stereocenters. The molecule has 1 amide bonds. The third-order valence-electron chi connectivity index (χ3n) is 4.00. The van der Waals surface area contributed by atoms with Crippen molar-refractivity contribution in [1.82, 2.24) is 15.1 Å². The van der Waals surface area contributed by atoms with E-state index in [0.717, 1.165) is 25.0 Å². The summed E-state index contributed by atoms with van der Waals surface area (Å²) in [7, 11) is 0. The average Bonchev–Trinajstić information content (AvgIpc) is 2.88. The molecule has 1 aromatic heterocycles. The number of carbonyl (C=O) groups excluding carboxylic acids is 1. The lowest BCUT2D eigenvalue weighted by molar-refractivity contribution is 0.0730. The van der Waals surface area contributed by atoms with Crippen LogP contribution in [0, 0.1) is 0 Å². The van der Waals surface area contributed by atoms with Gasteiger partial charge in [0.1, 0.15) is 0 Å². The molecule has 0 saturated carbocycles. The lowest BCUT2D eigenvalue weighted by Crippen LogP contribution is -2.36. The summed E-state index contributed by atoms with van der Waals surface area (Å²) in [6.07, 6.45) is 2.67. The molecule has 2 heterocycles. The van der Waals surface area contributed by atoms with E-state index in [9.17, 15) is 4.79 Å². The Morgan fingerprint density at radius 3 is 2.90 bits per heavy atom. The lowest BCUT2D eigenvalue weighted by atomic mass is 9.99. The van der Waals surface area contributed by atoms with E-state index < -0.39 is 0 Å². The fraction of sp³-hybridized carbons (Fsp3) is 0.375. The van der Waals surface area contributed by atoms with Gasteiger partial charge in [0.15, 0.2) is 5.69 Å². The number of hydrogen-bond acceptors (Lipinski definition) is 3. The van der Waals surface area contributed by atoms with E-state index in [1.54, 1.807) is 0 Å². The minimum atomic E-state index is -0.0828. The van der Waals surface area contributed by atoms with E-state index in [0.29, 0.717) is 24.5 Å². The number of anilines is 1. The van der Waals surface area contributed by atoms with E-state index in [1.165, 1.54) is 11.1 Å². The Bertz CT molecular complexity index is 662. The number of H-pyrrole nitrogens is 1. The van der Waals surface area contributed by atoms with E-state index in [2.05, 4.69) is 29.3 Å². The number of aromatic amines is 1. The maximum Gasteiger partial charge on any atom is 0.276 e. The van der Waals surface area contributed by atoms with Crippen LogP contribution in [0.25, 0.3) is 0 Å². The number of aromatic nitrogens is 2. The average molecular weight is 284 g/mol. The van der Waals surface area contributed by atoms with Crippen LogP contribution in [0.1, 0.15) is 40.7 Å². The van der Waals surface area contributed by atoms with E-state index in [-0.39, 0.29) is 5.91 Å². The van der Waals surface area contributed by atoms with Gasteiger partial charge in [0, 0.05) is 13.1 Å². The van der Waals surface area contributed by atoms with Crippen molar-refractivity contribution in [2.24, 2.45) is 0 Å². The maximum absolute atomic E-state index is 12.6. The number of rotatable bonds is 3. The monoisotopic (exact) mass is 284 g/mol. The second-order valence-corrected chi connectivity index (χ2v) is 5.46. The summed E-state index contributed by atoms with van der Waals surface area (Å²) in [5.41, 5.74) is 10.3. The highest BCUT2D eigenvalue weighted by atomic mass is 16.2. The molecule has 0 spiro atoms. The highest BCUT2D eigenvalue weighted by molar-refractivity contribution is 5.97. The van der Waals surface area contributed by atoms with Crippen LogP contribution in [0.2, 0.25) is 0 Å². The normalized spacial score (nSPS) is 14.0. The first-order chi connectivity index (χ1) is 10.2. The van der Waals surface area contributed by atoms with Crippen LogP contribution < -0.4 is 5.73 Å². The first-order valence-corrected chi connectivity index (χ1v) is 7.39. The van der Waals surface area contributed by atoms with Gasteiger partial charge in [0.2, 0.25) is 0 Å². The Kier molecular flexibility index (Phi) is 3.64. The van der Waals surface area contributed by atoms with Crippen molar-refractivity contribution in [2.45, 2.75) is 32.7 Å². The van der Waals surface area contributed by atoms with Gasteiger partial charge in [-0.25, -0.2) is 0 Å². The van der Waals surface area contributed by atoms with Crippen LogP contribution in [-0.4, -0.2) is 27.5 Å². The molecular weight excluding hydrogens is 264 g/mol. The number of amides is 1. The molecule has 0 aliphatic carbocycles. The van der Waals surface area contributed by atoms with Gasteiger partial charge in [-0.2, -0.15) is 5.10 Å². The largest absolute Gasteiger partial charge is 0.395 e. The van der Waals surface area contributed by atoms with Gasteiger partial charge in [-0.05, 0) is 24.0 Å². The van der Waals surface area contributed by atoms with E-state index in [4.69, 9.17) is 5.73 Å². The third-order valence-corrected chi connectivity index (χ3v) is 4.00. The predicted molar refractivity (Wildman–Crippen MR) is 81.9 cm³/mol. The van der Waals surface area contributed by atoms with Crippen molar-refractivity contribution < 1.29 is 4.79 Å². The fourth-order valence-electron chi connectivity index (χ4n) is 2.81. The number of fused-ring (bicyclic) bond motifs is 1. The molecule has 5 nitrogen and oxygen atoms in total. The number of nitrogens with one attached hydrogen (secondary N) is 1. The molecule has 0 atom stereocenters. The summed E-state index contributed by atoms with van der Waals surface area (Å²) in [6, 6.07) is 8.25. The first-order valence-electron chi connectivity index (χ1n) is 7.39. The number of nitrogens with two attached hydrogens (primary N) is 1. The number of nitrogen functional groups attached to an aromatic ring is 1. The topological polar surface area (TPSA) is 75.0 Å². The molecule has 0 bridgehead atoms. The van der Waals surface area contributed by atoms with Crippen LogP contribution in [-0.2, 0) is 19.4 Å². The van der Waals surface area contributed by atoms with Crippen molar-refractivity contribution in [3.63, 3.8) is 0 Å². The van der Waals surface area contributed by atoms with Crippen LogP contribution in [0.15, 0.2) is 24.3 Å². The van der Waals surface area contributed by atoms with Crippen LogP contribution in [0.5, 0.6) is 0 Å². The van der Waals surface area contributed by atoms with Crippen molar-refractivity contribution in [3.8, 4) is 0 Å². The zero-order valence-corrected chi connectivity index (χ0v) is 12.2. The number of nitrogens with zero attached hydrogens (tertiary/aromatic N) is 2. The highest BCUT2D eigenvalue weighted by Crippen LogP contribution is 2.23. The Morgan fingerprint density at radius 1 is 1.38 bits per heavy atom. The fourth-order valence-corrected chi connectivity index (χ4v) is 2.81. The van der Waals surface area contributed by atoms with Crippen molar-refractivity contribution >= 4 is 11.6 Å². The van der Waals surface area contributed by atoms with Gasteiger partial charge in [-0.15, -0.1) is 0 Å². The zero-order chi connectivity index (χ0) is 14.8. The molecule has 1 aromatic carbocycles. The maximum atomic E-state index is 12.6. The zero-order valence-electron chi connectivity index (χ0n) is 12.2. The van der Waals surface area contributed by atoms with E-state index in [1.807, 2.05) is 17.0 Å². The second-order valence-electron chi connectivity index (χ2n) is 5.46. The molecule has 110 valence electrons. The summed E-state index contributed by atoms with van der Waals surface area (Å²) >= 11 is 0. The molecule has 0 fully saturated rings. The Labute approximate surface area is 124 Å². The molecule has 0 radical (unpaired) electrons. The molecule has 1 aliphatic heterocycles.